The average molecular weight is 302 g/mol. The van der Waals surface area contributed by atoms with E-state index in [9.17, 15) is 4.79 Å². The zero-order valence-electron chi connectivity index (χ0n) is 12.0. The lowest BCUT2D eigenvalue weighted by atomic mass is 10.1. The zero-order chi connectivity index (χ0) is 15.2. The van der Waals surface area contributed by atoms with Crippen molar-refractivity contribution in [3.8, 4) is 0 Å². The molecule has 0 atom stereocenters. The number of ether oxygens (including phenoxy) is 1. The van der Waals surface area contributed by atoms with Gasteiger partial charge in [-0.25, -0.2) is 4.79 Å². The van der Waals surface area contributed by atoms with Crippen molar-refractivity contribution in [3.05, 3.63) is 63.9 Å². The standard InChI is InChI=1S/C17H16ClNO2/c1-3-21-17(20)15-11-10-14(19-12(15)2)9-8-13-6-4-5-7-16(13)18/h4-11H,3H2,1-2H3/b9-8+. The van der Waals surface area contributed by atoms with Crippen LogP contribution in [0.1, 0.15) is 34.2 Å². The summed E-state index contributed by atoms with van der Waals surface area (Å²) in [5, 5.41) is 0.689. The highest BCUT2D eigenvalue weighted by atomic mass is 35.5. The molecule has 2 rings (SSSR count). The van der Waals surface area contributed by atoms with Crippen molar-refractivity contribution in [1.82, 2.24) is 4.98 Å². The van der Waals surface area contributed by atoms with Gasteiger partial charge in [0.15, 0.2) is 0 Å². The largest absolute Gasteiger partial charge is 0.462 e. The first-order valence-corrected chi connectivity index (χ1v) is 7.07. The van der Waals surface area contributed by atoms with Crippen molar-refractivity contribution in [2.45, 2.75) is 13.8 Å². The summed E-state index contributed by atoms with van der Waals surface area (Å²) in [5.74, 6) is -0.343. The van der Waals surface area contributed by atoms with Crippen LogP contribution in [0.4, 0.5) is 0 Å². The molecule has 0 bridgehead atoms. The van der Waals surface area contributed by atoms with E-state index in [1.807, 2.05) is 36.4 Å². The second kappa shape index (κ2) is 7.04. The lowest BCUT2D eigenvalue weighted by molar-refractivity contribution is 0.0525. The van der Waals surface area contributed by atoms with E-state index in [1.54, 1.807) is 26.0 Å². The zero-order valence-corrected chi connectivity index (χ0v) is 12.7. The quantitative estimate of drug-likeness (QED) is 0.786. The van der Waals surface area contributed by atoms with Crippen molar-refractivity contribution in [2.24, 2.45) is 0 Å². The van der Waals surface area contributed by atoms with Crippen LogP contribution < -0.4 is 0 Å². The number of pyridine rings is 1. The summed E-state index contributed by atoms with van der Waals surface area (Å²) in [4.78, 5) is 16.1. The first-order chi connectivity index (χ1) is 10.1. The van der Waals surface area contributed by atoms with Crippen LogP contribution in [0, 0.1) is 6.92 Å². The Kier molecular flexibility index (Phi) is 5.12. The molecule has 0 saturated heterocycles. The van der Waals surface area contributed by atoms with Gasteiger partial charge in [0.2, 0.25) is 0 Å². The van der Waals surface area contributed by atoms with Gasteiger partial charge in [0.25, 0.3) is 0 Å². The fraction of sp³-hybridized carbons (Fsp3) is 0.176. The van der Waals surface area contributed by atoms with Crippen molar-refractivity contribution in [2.75, 3.05) is 6.61 Å². The predicted molar refractivity (Wildman–Crippen MR) is 85.3 cm³/mol. The van der Waals surface area contributed by atoms with Gasteiger partial charge in [-0.15, -0.1) is 0 Å². The molecule has 0 aliphatic carbocycles. The minimum absolute atomic E-state index is 0.343. The SMILES string of the molecule is CCOC(=O)c1ccc(/C=C/c2ccccc2Cl)nc1C. The van der Waals surface area contributed by atoms with E-state index in [0.29, 0.717) is 22.9 Å². The number of carbonyl (C=O) groups excluding carboxylic acids is 1. The molecule has 1 aromatic heterocycles. The van der Waals surface area contributed by atoms with Crippen molar-refractivity contribution < 1.29 is 9.53 Å². The highest BCUT2D eigenvalue weighted by Gasteiger charge is 2.10. The highest BCUT2D eigenvalue weighted by Crippen LogP contribution is 2.18. The Morgan fingerprint density at radius 3 is 2.67 bits per heavy atom. The number of carbonyl (C=O) groups is 1. The van der Waals surface area contributed by atoms with Gasteiger partial charge in [-0.3, -0.25) is 4.98 Å². The average Bonchev–Trinajstić information content (AvgIpc) is 2.46. The van der Waals surface area contributed by atoms with Crippen molar-refractivity contribution in [3.63, 3.8) is 0 Å². The molecular formula is C17H16ClNO2. The fourth-order valence-electron chi connectivity index (χ4n) is 1.88. The Balaban J connectivity index is 2.21. The second-order valence-corrected chi connectivity index (χ2v) is 4.85. The highest BCUT2D eigenvalue weighted by molar-refractivity contribution is 6.32. The van der Waals surface area contributed by atoms with Gasteiger partial charge in [0.1, 0.15) is 0 Å². The molecule has 1 heterocycles. The van der Waals surface area contributed by atoms with Crippen LogP contribution in [0.5, 0.6) is 0 Å². The molecule has 0 spiro atoms. The molecule has 4 heteroatoms. The van der Waals surface area contributed by atoms with Crippen LogP contribution in [0.15, 0.2) is 36.4 Å². The van der Waals surface area contributed by atoms with E-state index in [4.69, 9.17) is 16.3 Å². The number of esters is 1. The molecule has 21 heavy (non-hydrogen) atoms. The number of aromatic nitrogens is 1. The number of halogens is 1. The maximum absolute atomic E-state index is 11.7. The molecule has 2 aromatic rings. The molecule has 0 aliphatic heterocycles. The van der Waals surface area contributed by atoms with E-state index >= 15 is 0 Å². The van der Waals surface area contributed by atoms with Gasteiger partial charge in [-0.05, 0) is 43.7 Å². The number of hydrogen-bond donors (Lipinski definition) is 0. The topological polar surface area (TPSA) is 39.2 Å². The van der Waals surface area contributed by atoms with Gasteiger partial charge in [-0.1, -0.05) is 35.9 Å². The maximum atomic E-state index is 11.7. The number of hydrogen-bond acceptors (Lipinski definition) is 3. The van der Waals surface area contributed by atoms with Crippen LogP contribution in [-0.4, -0.2) is 17.6 Å². The summed E-state index contributed by atoms with van der Waals surface area (Å²) in [6.45, 7) is 3.92. The monoisotopic (exact) mass is 301 g/mol. The predicted octanol–water partition coefficient (Wildman–Crippen LogP) is 4.39. The minimum atomic E-state index is -0.343. The van der Waals surface area contributed by atoms with E-state index in [1.165, 1.54) is 0 Å². The number of rotatable bonds is 4. The van der Waals surface area contributed by atoms with Crippen LogP contribution in [0.25, 0.3) is 12.2 Å². The third-order valence-corrected chi connectivity index (χ3v) is 3.29. The molecule has 108 valence electrons. The van der Waals surface area contributed by atoms with Crippen LogP contribution in [0.2, 0.25) is 5.02 Å². The van der Waals surface area contributed by atoms with Crippen molar-refractivity contribution >= 4 is 29.7 Å². The Bertz CT molecular complexity index is 680. The summed E-state index contributed by atoms with van der Waals surface area (Å²) in [5.41, 5.74) is 2.83. The first kappa shape index (κ1) is 15.3. The van der Waals surface area contributed by atoms with E-state index in [0.717, 1.165) is 11.3 Å². The van der Waals surface area contributed by atoms with E-state index in [-0.39, 0.29) is 5.97 Å². The summed E-state index contributed by atoms with van der Waals surface area (Å²) >= 11 is 6.09. The van der Waals surface area contributed by atoms with Crippen LogP contribution in [-0.2, 0) is 4.74 Å². The molecule has 1 aromatic carbocycles. The third kappa shape index (κ3) is 3.92. The minimum Gasteiger partial charge on any atom is -0.462 e. The summed E-state index contributed by atoms with van der Waals surface area (Å²) < 4.78 is 4.98. The molecule has 0 N–H and O–H groups in total. The van der Waals surface area contributed by atoms with Crippen LogP contribution >= 0.6 is 11.6 Å². The Labute approximate surface area is 129 Å². The Morgan fingerprint density at radius 2 is 2.00 bits per heavy atom. The fourth-order valence-corrected chi connectivity index (χ4v) is 2.08. The lowest BCUT2D eigenvalue weighted by Gasteiger charge is -2.05. The van der Waals surface area contributed by atoms with Gasteiger partial charge in [-0.2, -0.15) is 0 Å². The molecule has 3 nitrogen and oxygen atoms in total. The number of nitrogens with zero attached hydrogens (tertiary/aromatic N) is 1. The Hall–Kier alpha value is -2.13. The summed E-state index contributed by atoms with van der Waals surface area (Å²) in [6, 6.07) is 11.1. The first-order valence-electron chi connectivity index (χ1n) is 6.69. The van der Waals surface area contributed by atoms with E-state index in [2.05, 4.69) is 4.98 Å². The molecule has 0 amide bonds. The molecule has 0 radical (unpaired) electrons. The normalized spacial score (nSPS) is 10.8. The number of benzene rings is 1. The Morgan fingerprint density at radius 1 is 1.24 bits per heavy atom. The molecule has 0 saturated carbocycles. The summed E-state index contributed by atoms with van der Waals surface area (Å²) in [7, 11) is 0. The molecule has 0 unspecified atom stereocenters. The van der Waals surface area contributed by atoms with Gasteiger partial charge >= 0.3 is 5.97 Å². The molecule has 0 fully saturated rings. The van der Waals surface area contributed by atoms with E-state index < -0.39 is 0 Å². The van der Waals surface area contributed by atoms with Gasteiger partial charge in [0.05, 0.1) is 23.6 Å². The lowest BCUT2D eigenvalue weighted by Crippen LogP contribution is -2.08. The molecule has 0 aliphatic rings. The smallest absolute Gasteiger partial charge is 0.339 e. The molecular weight excluding hydrogens is 286 g/mol. The van der Waals surface area contributed by atoms with Crippen molar-refractivity contribution in [1.29, 1.82) is 0 Å². The van der Waals surface area contributed by atoms with Gasteiger partial charge in [0, 0.05) is 5.02 Å². The van der Waals surface area contributed by atoms with Gasteiger partial charge < -0.3 is 4.74 Å². The second-order valence-electron chi connectivity index (χ2n) is 4.44. The number of aryl methyl sites for hydroxylation is 1. The maximum Gasteiger partial charge on any atom is 0.339 e. The van der Waals surface area contributed by atoms with Crippen LogP contribution in [0.3, 0.4) is 0 Å². The third-order valence-electron chi connectivity index (χ3n) is 2.94. The summed E-state index contributed by atoms with van der Waals surface area (Å²) in [6.07, 6.45) is 3.76.